The molecule has 0 unspecified atom stereocenters. The summed E-state index contributed by atoms with van der Waals surface area (Å²) in [5.74, 6) is 0.712. The lowest BCUT2D eigenvalue weighted by molar-refractivity contribution is 0.0941. The van der Waals surface area contributed by atoms with E-state index in [1.165, 1.54) is 0 Å². The lowest BCUT2D eigenvalue weighted by Crippen LogP contribution is -2.25. The zero-order chi connectivity index (χ0) is 18.1. The number of benzene rings is 1. The third kappa shape index (κ3) is 6.10. The molecule has 2 rings (SSSR count). The number of carbonyl (C=O) groups is 1. The smallest absolute Gasteiger partial charge is 0.269 e. The third-order valence-corrected chi connectivity index (χ3v) is 3.91. The molecular weight excluding hydrogens is 314 g/mol. The fourth-order valence-corrected chi connectivity index (χ4v) is 2.60. The molecule has 0 spiro atoms. The Bertz CT molecular complexity index is 707. The van der Waals surface area contributed by atoms with E-state index in [2.05, 4.69) is 17.0 Å². The summed E-state index contributed by atoms with van der Waals surface area (Å²) in [5.41, 5.74) is 2.40. The van der Waals surface area contributed by atoms with E-state index in [4.69, 9.17) is 4.74 Å². The Balaban J connectivity index is 1.79. The normalized spacial score (nSPS) is 10.5. The van der Waals surface area contributed by atoms with Crippen molar-refractivity contribution >= 4 is 5.91 Å². The molecule has 1 aromatic heterocycles. The van der Waals surface area contributed by atoms with Gasteiger partial charge in [-0.05, 0) is 56.4 Å². The van der Waals surface area contributed by atoms with Crippen LogP contribution in [-0.2, 0) is 13.6 Å². The van der Waals surface area contributed by atoms with Crippen LogP contribution in [0, 0.1) is 6.92 Å². The van der Waals surface area contributed by atoms with Crippen molar-refractivity contribution in [1.82, 2.24) is 15.1 Å². The molecule has 5 heteroatoms. The summed E-state index contributed by atoms with van der Waals surface area (Å²) in [6.07, 6.45) is 6.35. The monoisotopic (exact) mass is 341 g/mol. The van der Waals surface area contributed by atoms with Gasteiger partial charge in [-0.25, -0.2) is 0 Å². The van der Waals surface area contributed by atoms with Crippen LogP contribution < -0.4 is 10.1 Å². The molecule has 0 radical (unpaired) electrons. The van der Waals surface area contributed by atoms with Gasteiger partial charge in [0.15, 0.2) is 0 Å². The predicted molar refractivity (Wildman–Crippen MR) is 99.7 cm³/mol. The molecule has 0 aliphatic carbocycles. The highest BCUT2D eigenvalue weighted by Crippen LogP contribution is 2.14. The quantitative estimate of drug-likeness (QED) is 0.528. The van der Waals surface area contributed by atoms with E-state index in [0.717, 1.165) is 42.7 Å². The fraction of sp³-hybridized carbons (Fsp3) is 0.400. The van der Waals surface area contributed by atoms with Crippen LogP contribution in [0.25, 0.3) is 0 Å². The van der Waals surface area contributed by atoms with Crippen LogP contribution in [0.4, 0.5) is 0 Å². The molecule has 1 aromatic carbocycles. The first-order chi connectivity index (χ1) is 12.1. The minimum atomic E-state index is -0.128. The van der Waals surface area contributed by atoms with E-state index in [-0.39, 0.29) is 5.91 Å². The fourth-order valence-electron chi connectivity index (χ4n) is 2.60. The Morgan fingerprint density at radius 1 is 1.32 bits per heavy atom. The van der Waals surface area contributed by atoms with Crippen molar-refractivity contribution in [3.63, 3.8) is 0 Å². The first-order valence-electron chi connectivity index (χ1n) is 8.71. The number of hydrogen-bond donors (Lipinski definition) is 1. The first kappa shape index (κ1) is 18.8. The second-order valence-electron chi connectivity index (χ2n) is 6.11. The van der Waals surface area contributed by atoms with E-state index >= 15 is 0 Å². The number of amides is 1. The number of unbranched alkanes of at least 4 members (excludes halogenated alkanes) is 3. The van der Waals surface area contributed by atoms with Crippen LogP contribution in [0.2, 0.25) is 0 Å². The topological polar surface area (TPSA) is 56.1 Å². The molecule has 134 valence electrons. The predicted octanol–water partition coefficient (Wildman–Crippen LogP) is 3.78. The van der Waals surface area contributed by atoms with Gasteiger partial charge >= 0.3 is 0 Å². The van der Waals surface area contributed by atoms with Gasteiger partial charge in [-0.15, -0.1) is 6.58 Å². The van der Waals surface area contributed by atoms with Crippen LogP contribution >= 0.6 is 0 Å². The third-order valence-electron chi connectivity index (χ3n) is 3.91. The second-order valence-corrected chi connectivity index (χ2v) is 6.11. The summed E-state index contributed by atoms with van der Waals surface area (Å²) in [6.45, 7) is 6.76. The molecular formula is C20H27N3O2. The molecule has 1 N–H and O–H groups in total. The molecule has 1 amide bonds. The highest BCUT2D eigenvalue weighted by atomic mass is 16.5. The largest absolute Gasteiger partial charge is 0.494 e. The van der Waals surface area contributed by atoms with E-state index in [0.29, 0.717) is 18.8 Å². The van der Waals surface area contributed by atoms with E-state index in [9.17, 15) is 4.79 Å². The maximum absolute atomic E-state index is 12.2. The number of aromatic nitrogens is 2. The Kier molecular flexibility index (Phi) is 7.26. The maximum atomic E-state index is 12.2. The summed E-state index contributed by atoms with van der Waals surface area (Å²) in [4.78, 5) is 12.2. The molecule has 0 aliphatic heterocycles. The summed E-state index contributed by atoms with van der Waals surface area (Å²) in [6, 6.07) is 9.62. The van der Waals surface area contributed by atoms with Gasteiger partial charge in [-0.1, -0.05) is 18.2 Å². The summed E-state index contributed by atoms with van der Waals surface area (Å²) in [5, 5.41) is 7.11. The summed E-state index contributed by atoms with van der Waals surface area (Å²) < 4.78 is 7.38. The standard InChI is InChI=1S/C20H27N3O2/c1-4-5-6-7-8-12-25-18-11-9-10-17(14-18)15-21-20(24)19-13-16(2)22-23(19)3/h4,9-11,13-14H,1,5-8,12,15H2,2-3H3,(H,21,24). The van der Waals surface area contributed by atoms with Gasteiger partial charge in [0.2, 0.25) is 0 Å². The van der Waals surface area contributed by atoms with E-state index in [1.807, 2.05) is 37.3 Å². The van der Waals surface area contributed by atoms with Crippen molar-refractivity contribution in [1.29, 1.82) is 0 Å². The molecule has 0 aliphatic rings. The highest BCUT2D eigenvalue weighted by molar-refractivity contribution is 5.92. The van der Waals surface area contributed by atoms with Crippen molar-refractivity contribution in [3.05, 3.63) is 59.9 Å². The Labute approximate surface area is 149 Å². The van der Waals surface area contributed by atoms with Gasteiger partial charge in [0.05, 0.1) is 12.3 Å². The van der Waals surface area contributed by atoms with E-state index < -0.39 is 0 Å². The number of ether oxygens (including phenoxy) is 1. The molecule has 0 saturated heterocycles. The second kappa shape index (κ2) is 9.67. The highest BCUT2D eigenvalue weighted by Gasteiger charge is 2.11. The minimum absolute atomic E-state index is 0.128. The zero-order valence-corrected chi connectivity index (χ0v) is 15.1. The number of rotatable bonds is 10. The maximum Gasteiger partial charge on any atom is 0.269 e. The van der Waals surface area contributed by atoms with E-state index in [1.54, 1.807) is 17.8 Å². The van der Waals surface area contributed by atoms with Crippen LogP contribution in [0.5, 0.6) is 5.75 Å². The van der Waals surface area contributed by atoms with Gasteiger partial charge in [0.1, 0.15) is 11.4 Å². The summed E-state index contributed by atoms with van der Waals surface area (Å²) in [7, 11) is 1.77. The summed E-state index contributed by atoms with van der Waals surface area (Å²) >= 11 is 0. The number of nitrogens with one attached hydrogen (secondary N) is 1. The van der Waals surface area contributed by atoms with Crippen molar-refractivity contribution in [2.24, 2.45) is 7.05 Å². The molecule has 0 saturated carbocycles. The van der Waals surface area contributed by atoms with Crippen molar-refractivity contribution in [2.75, 3.05) is 6.61 Å². The number of allylic oxidation sites excluding steroid dienone is 1. The Morgan fingerprint density at radius 2 is 2.16 bits per heavy atom. The molecule has 25 heavy (non-hydrogen) atoms. The number of hydrogen-bond acceptors (Lipinski definition) is 3. The van der Waals surface area contributed by atoms with Crippen molar-refractivity contribution in [3.8, 4) is 5.75 Å². The minimum Gasteiger partial charge on any atom is -0.494 e. The Hall–Kier alpha value is -2.56. The molecule has 1 heterocycles. The number of carbonyl (C=O) groups excluding carboxylic acids is 1. The molecule has 2 aromatic rings. The van der Waals surface area contributed by atoms with Crippen LogP contribution in [0.15, 0.2) is 43.0 Å². The molecule has 0 fully saturated rings. The van der Waals surface area contributed by atoms with Gasteiger partial charge in [-0.3, -0.25) is 9.48 Å². The molecule has 5 nitrogen and oxygen atoms in total. The average molecular weight is 341 g/mol. The van der Waals surface area contributed by atoms with Gasteiger partial charge in [-0.2, -0.15) is 5.10 Å². The average Bonchev–Trinajstić information content (AvgIpc) is 2.94. The van der Waals surface area contributed by atoms with Gasteiger partial charge in [0.25, 0.3) is 5.91 Å². The zero-order valence-electron chi connectivity index (χ0n) is 15.1. The van der Waals surface area contributed by atoms with Gasteiger partial charge in [0, 0.05) is 13.6 Å². The molecule has 0 bridgehead atoms. The number of nitrogens with zero attached hydrogens (tertiary/aromatic N) is 2. The molecule has 0 atom stereocenters. The van der Waals surface area contributed by atoms with Crippen molar-refractivity contribution in [2.45, 2.75) is 39.2 Å². The lowest BCUT2D eigenvalue weighted by Gasteiger charge is -2.09. The Morgan fingerprint density at radius 3 is 2.88 bits per heavy atom. The van der Waals surface area contributed by atoms with Crippen molar-refractivity contribution < 1.29 is 9.53 Å². The van der Waals surface area contributed by atoms with Crippen LogP contribution in [-0.4, -0.2) is 22.3 Å². The first-order valence-corrected chi connectivity index (χ1v) is 8.71. The SMILES string of the molecule is C=CCCCCCOc1cccc(CNC(=O)c2cc(C)nn2C)c1. The van der Waals surface area contributed by atoms with Gasteiger partial charge < -0.3 is 10.1 Å². The number of aryl methyl sites for hydroxylation is 2. The van der Waals surface area contributed by atoms with Crippen LogP contribution in [0.1, 0.15) is 47.4 Å². The lowest BCUT2D eigenvalue weighted by atomic mass is 10.2. The van der Waals surface area contributed by atoms with Crippen LogP contribution in [0.3, 0.4) is 0 Å².